The summed E-state index contributed by atoms with van der Waals surface area (Å²) in [6, 6.07) is 18.4. The molecule has 0 atom stereocenters. The molecule has 7 heteroatoms. The minimum absolute atomic E-state index is 0.117. The minimum atomic E-state index is -1.03. The van der Waals surface area contributed by atoms with Gasteiger partial charge in [0.2, 0.25) is 5.78 Å². The molecule has 2 aliphatic rings. The summed E-state index contributed by atoms with van der Waals surface area (Å²) in [5.74, 6) is -3.52. The first-order valence-electron chi connectivity index (χ1n) is 8.79. The van der Waals surface area contributed by atoms with Gasteiger partial charge in [0.1, 0.15) is 11.3 Å². The van der Waals surface area contributed by atoms with Gasteiger partial charge in [-0.1, -0.05) is 30.3 Å². The van der Waals surface area contributed by atoms with Crippen molar-refractivity contribution in [2.24, 2.45) is 0 Å². The van der Waals surface area contributed by atoms with Gasteiger partial charge in [-0.05, 0) is 36.4 Å². The van der Waals surface area contributed by atoms with E-state index in [0.717, 1.165) is 4.90 Å². The predicted octanol–water partition coefficient (Wildman–Crippen LogP) is 3.01. The van der Waals surface area contributed by atoms with Crippen molar-refractivity contribution < 1.29 is 23.6 Å². The largest absolute Gasteiger partial charge is 0.461 e. The van der Waals surface area contributed by atoms with E-state index in [2.05, 4.69) is 0 Å². The van der Waals surface area contributed by atoms with Crippen molar-refractivity contribution >= 4 is 40.4 Å². The first-order valence-corrected chi connectivity index (χ1v) is 8.79. The summed E-state index contributed by atoms with van der Waals surface area (Å²) in [6.07, 6.45) is 1.28. The van der Waals surface area contributed by atoms with Crippen molar-refractivity contribution in [3.05, 3.63) is 90.0 Å². The van der Waals surface area contributed by atoms with Gasteiger partial charge in [-0.2, -0.15) is 0 Å². The van der Waals surface area contributed by atoms with Gasteiger partial charge in [0, 0.05) is 5.69 Å². The van der Waals surface area contributed by atoms with Crippen molar-refractivity contribution in [2.45, 2.75) is 0 Å². The summed E-state index contributed by atoms with van der Waals surface area (Å²) in [5.41, 5.74) is 0.606. The zero-order valence-corrected chi connectivity index (χ0v) is 14.9. The fourth-order valence-corrected chi connectivity index (χ4v) is 3.59. The highest BCUT2D eigenvalue weighted by Crippen LogP contribution is 2.45. The zero-order valence-electron chi connectivity index (χ0n) is 14.9. The summed E-state index contributed by atoms with van der Waals surface area (Å²) in [6.45, 7) is 0. The number of para-hydroxylation sites is 3. The first-order chi connectivity index (χ1) is 14.1. The molecule has 1 aromatic heterocycles. The van der Waals surface area contributed by atoms with E-state index in [-0.39, 0.29) is 11.5 Å². The Kier molecular flexibility index (Phi) is 3.57. The van der Waals surface area contributed by atoms with Crippen molar-refractivity contribution in [1.82, 2.24) is 0 Å². The molecule has 7 nitrogen and oxygen atoms in total. The third-order valence-electron chi connectivity index (χ3n) is 4.84. The Bertz CT molecular complexity index is 1230. The van der Waals surface area contributed by atoms with Crippen LogP contribution in [-0.4, -0.2) is 23.4 Å². The average molecular weight is 384 g/mol. The lowest BCUT2D eigenvalue weighted by molar-refractivity contribution is -0.132. The molecule has 2 amide bonds. The Morgan fingerprint density at radius 1 is 0.724 bits per heavy atom. The van der Waals surface area contributed by atoms with Crippen LogP contribution in [0.5, 0.6) is 0 Å². The van der Waals surface area contributed by atoms with Gasteiger partial charge in [-0.3, -0.25) is 29.0 Å². The molecule has 0 unspecified atom stereocenters. The standard InChI is InChI=1S/C22H12N2O5/c25-19(16-11-6-12-29-16)17-18-21(27)23(13-7-2-1-3-8-13)14-9-4-5-10-15(14)24(18)22(28)20(17)26/h1-12H. The molecule has 0 fully saturated rings. The van der Waals surface area contributed by atoms with E-state index in [1.54, 1.807) is 48.5 Å². The molecule has 0 saturated heterocycles. The summed E-state index contributed by atoms with van der Waals surface area (Å²) in [7, 11) is 0. The molecule has 5 rings (SSSR count). The van der Waals surface area contributed by atoms with Crippen molar-refractivity contribution in [3.8, 4) is 0 Å². The maximum absolute atomic E-state index is 13.5. The van der Waals surface area contributed by atoms with Crippen LogP contribution in [0.2, 0.25) is 0 Å². The van der Waals surface area contributed by atoms with Crippen LogP contribution in [0.25, 0.3) is 0 Å². The molecule has 0 radical (unpaired) electrons. The number of fused-ring (bicyclic) bond motifs is 3. The molecular weight excluding hydrogens is 372 g/mol. The smallest absolute Gasteiger partial charge is 0.304 e. The number of carbonyl (C=O) groups is 4. The van der Waals surface area contributed by atoms with Gasteiger partial charge >= 0.3 is 5.91 Å². The second-order valence-electron chi connectivity index (χ2n) is 6.46. The maximum atomic E-state index is 13.5. The van der Waals surface area contributed by atoms with Gasteiger partial charge in [0.05, 0.1) is 17.6 Å². The highest BCUT2D eigenvalue weighted by Gasteiger charge is 2.51. The van der Waals surface area contributed by atoms with Gasteiger partial charge in [-0.25, -0.2) is 0 Å². The number of ketones is 2. The van der Waals surface area contributed by atoms with Crippen LogP contribution in [-0.2, 0) is 14.4 Å². The topological polar surface area (TPSA) is 87.9 Å². The third-order valence-corrected chi connectivity index (χ3v) is 4.84. The van der Waals surface area contributed by atoms with Crippen LogP contribution in [0.15, 0.2) is 88.7 Å². The quantitative estimate of drug-likeness (QED) is 0.394. The van der Waals surface area contributed by atoms with E-state index in [9.17, 15) is 19.2 Å². The Morgan fingerprint density at radius 3 is 2.03 bits per heavy atom. The van der Waals surface area contributed by atoms with E-state index in [4.69, 9.17) is 4.42 Å². The van der Waals surface area contributed by atoms with Crippen LogP contribution >= 0.6 is 0 Å². The molecule has 0 N–H and O–H groups in total. The summed E-state index contributed by atoms with van der Waals surface area (Å²) in [4.78, 5) is 54.3. The van der Waals surface area contributed by atoms with Gasteiger partial charge in [0.15, 0.2) is 5.76 Å². The monoisotopic (exact) mass is 384 g/mol. The van der Waals surface area contributed by atoms with Crippen LogP contribution in [0.1, 0.15) is 10.6 Å². The Morgan fingerprint density at radius 2 is 1.38 bits per heavy atom. The first kappa shape index (κ1) is 16.9. The normalized spacial score (nSPS) is 15.7. The number of amides is 2. The van der Waals surface area contributed by atoms with Crippen molar-refractivity contribution in [1.29, 1.82) is 0 Å². The molecule has 0 bridgehead atoms. The number of nitrogens with zero attached hydrogens (tertiary/aromatic N) is 2. The van der Waals surface area contributed by atoms with E-state index in [0.29, 0.717) is 17.1 Å². The number of rotatable bonds is 3. The van der Waals surface area contributed by atoms with Crippen LogP contribution in [0.3, 0.4) is 0 Å². The highest BCUT2D eigenvalue weighted by molar-refractivity contribution is 6.60. The number of anilines is 3. The lowest BCUT2D eigenvalue weighted by Crippen LogP contribution is -2.42. The molecule has 140 valence electrons. The lowest BCUT2D eigenvalue weighted by Gasteiger charge is -2.35. The van der Waals surface area contributed by atoms with Crippen LogP contribution in [0, 0.1) is 0 Å². The van der Waals surface area contributed by atoms with Crippen molar-refractivity contribution in [2.75, 3.05) is 9.80 Å². The summed E-state index contributed by atoms with van der Waals surface area (Å²) < 4.78 is 5.10. The molecule has 2 aliphatic heterocycles. The van der Waals surface area contributed by atoms with Gasteiger partial charge in [-0.15, -0.1) is 0 Å². The van der Waals surface area contributed by atoms with Gasteiger partial charge in [0.25, 0.3) is 11.7 Å². The second kappa shape index (κ2) is 6.13. The number of carbonyl (C=O) groups excluding carboxylic acids is 4. The second-order valence-corrected chi connectivity index (χ2v) is 6.46. The average Bonchev–Trinajstić information content (AvgIpc) is 3.37. The summed E-state index contributed by atoms with van der Waals surface area (Å²) >= 11 is 0. The number of hydrogen-bond acceptors (Lipinski definition) is 5. The van der Waals surface area contributed by atoms with Crippen LogP contribution < -0.4 is 9.80 Å². The summed E-state index contributed by atoms with van der Waals surface area (Å²) in [5, 5.41) is 0. The Labute approximate surface area is 164 Å². The molecule has 3 aromatic rings. The maximum Gasteiger partial charge on any atom is 0.304 e. The zero-order chi connectivity index (χ0) is 20.1. The minimum Gasteiger partial charge on any atom is -0.461 e. The lowest BCUT2D eigenvalue weighted by atomic mass is 10.0. The van der Waals surface area contributed by atoms with E-state index < -0.39 is 29.0 Å². The number of hydrogen-bond donors (Lipinski definition) is 0. The number of Topliss-reactive ketones (excluding diaryl/α,β-unsaturated/α-hetero) is 2. The fraction of sp³-hybridized carbons (Fsp3) is 0. The Balaban J connectivity index is 1.79. The predicted molar refractivity (Wildman–Crippen MR) is 103 cm³/mol. The van der Waals surface area contributed by atoms with E-state index in [1.807, 2.05) is 6.07 Å². The Hall–Kier alpha value is -4.26. The fourth-order valence-electron chi connectivity index (χ4n) is 3.59. The molecule has 2 aromatic carbocycles. The van der Waals surface area contributed by atoms with Crippen molar-refractivity contribution in [3.63, 3.8) is 0 Å². The van der Waals surface area contributed by atoms with E-state index in [1.165, 1.54) is 23.3 Å². The molecule has 29 heavy (non-hydrogen) atoms. The highest BCUT2D eigenvalue weighted by atomic mass is 16.3. The number of benzene rings is 2. The molecular formula is C22H12N2O5. The van der Waals surface area contributed by atoms with E-state index >= 15 is 0 Å². The third kappa shape index (κ3) is 2.31. The number of furan rings is 1. The van der Waals surface area contributed by atoms with Crippen LogP contribution in [0.4, 0.5) is 17.1 Å². The SMILES string of the molecule is O=C1C(=O)N2C(=C1C(=O)c1ccco1)C(=O)N(c1ccccc1)c1ccccc12. The molecule has 3 heterocycles. The molecule has 0 aliphatic carbocycles. The van der Waals surface area contributed by atoms with Gasteiger partial charge < -0.3 is 4.42 Å². The molecule has 0 spiro atoms. The molecule has 0 saturated carbocycles.